The maximum atomic E-state index is 11.9. The summed E-state index contributed by atoms with van der Waals surface area (Å²) < 4.78 is 2.05. The molecule has 2 N–H and O–H groups in total. The van der Waals surface area contributed by atoms with Gasteiger partial charge in [-0.1, -0.05) is 6.07 Å². The van der Waals surface area contributed by atoms with Gasteiger partial charge in [0.15, 0.2) is 5.65 Å². The highest BCUT2D eigenvalue weighted by atomic mass is 16.1. The van der Waals surface area contributed by atoms with Crippen LogP contribution in [0.15, 0.2) is 55.1 Å². The fourth-order valence-electron chi connectivity index (χ4n) is 4.54. The summed E-state index contributed by atoms with van der Waals surface area (Å²) >= 11 is 0. The average molecular weight is 425 g/mol. The van der Waals surface area contributed by atoms with Crippen LogP contribution in [0.4, 0.5) is 17.3 Å². The molecule has 1 aromatic carbocycles. The van der Waals surface area contributed by atoms with E-state index in [2.05, 4.69) is 47.0 Å². The first-order chi connectivity index (χ1) is 15.8. The Morgan fingerprint density at radius 2 is 1.81 bits per heavy atom. The van der Waals surface area contributed by atoms with Gasteiger partial charge < -0.3 is 15.5 Å². The van der Waals surface area contributed by atoms with Crippen molar-refractivity contribution in [2.75, 3.05) is 23.3 Å². The molecule has 3 aromatic heterocycles. The Kier molecular flexibility index (Phi) is 4.49. The van der Waals surface area contributed by atoms with Crippen LogP contribution in [-0.2, 0) is 6.54 Å². The monoisotopic (exact) mass is 425 g/mol. The highest BCUT2D eigenvalue weighted by molar-refractivity contribution is 5.98. The van der Waals surface area contributed by atoms with Gasteiger partial charge in [-0.05, 0) is 54.7 Å². The molecular formula is C24H23N7O. The maximum absolute atomic E-state index is 11.9. The molecule has 4 aromatic rings. The van der Waals surface area contributed by atoms with Crippen molar-refractivity contribution in [2.24, 2.45) is 0 Å². The van der Waals surface area contributed by atoms with E-state index in [0.29, 0.717) is 6.54 Å². The molecule has 8 nitrogen and oxygen atoms in total. The quantitative estimate of drug-likeness (QED) is 0.518. The molecule has 5 heterocycles. The van der Waals surface area contributed by atoms with E-state index in [-0.39, 0.29) is 5.91 Å². The molecular weight excluding hydrogens is 402 g/mol. The minimum Gasteiger partial charge on any atom is -0.350 e. The lowest BCUT2D eigenvalue weighted by atomic mass is 10.0. The number of rotatable bonds is 4. The van der Waals surface area contributed by atoms with Crippen molar-refractivity contribution >= 4 is 28.9 Å². The molecule has 160 valence electrons. The number of hydrogen-bond acceptors (Lipinski definition) is 6. The molecule has 0 aliphatic carbocycles. The Bertz CT molecular complexity index is 1310. The summed E-state index contributed by atoms with van der Waals surface area (Å²) in [6, 6.07) is 10.0. The van der Waals surface area contributed by atoms with Crippen LogP contribution in [0, 0.1) is 0 Å². The van der Waals surface area contributed by atoms with Crippen LogP contribution in [0.3, 0.4) is 0 Å². The van der Waals surface area contributed by atoms with Crippen molar-refractivity contribution < 1.29 is 4.79 Å². The van der Waals surface area contributed by atoms with Gasteiger partial charge >= 0.3 is 0 Å². The van der Waals surface area contributed by atoms with E-state index in [4.69, 9.17) is 0 Å². The molecule has 0 unspecified atom stereocenters. The van der Waals surface area contributed by atoms with Crippen molar-refractivity contribution in [3.63, 3.8) is 0 Å². The smallest absolute Gasteiger partial charge is 0.251 e. The third-order valence-electron chi connectivity index (χ3n) is 6.19. The zero-order valence-corrected chi connectivity index (χ0v) is 17.6. The van der Waals surface area contributed by atoms with E-state index in [1.54, 1.807) is 6.20 Å². The molecule has 2 aliphatic heterocycles. The van der Waals surface area contributed by atoms with Gasteiger partial charge in [-0.15, -0.1) is 0 Å². The van der Waals surface area contributed by atoms with Gasteiger partial charge in [0.05, 0.1) is 29.5 Å². The summed E-state index contributed by atoms with van der Waals surface area (Å²) in [6.07, 6.45) is 11.1. The van der Waals surface area contributed by atoms with Crippen LogP contribution in [0.25, 0.3) is 16.9 Å². The Labute approximate surface area is 185 Å². The van der Waals surface area contributed by atoms with Gasteiger partial charge in [0.25, 0.3) is 5.91 Å². The predicted octanol–water partition coefficient (Wildman–Crippen LogP) is 3.77. The SMILES string of the molecule is O=C1NCc2cc(-c3ccc(Nc4cnc(N5CCCCC5)nc4)c4nccn34)ccc21. The van der Waals surface area contributed by atoms with E-state index < -0.39 is 0 Å². The number of piperidine rings is 1. The van der Waals surface area contributed by atoms with Crippen LogP contribution in [0.5, 0.6) is 0 Å². The van der Waals surface area contributed by atoms with Gasteiger partial charge in [-0.3, -0.25) is 9.20 Å². The van der Waals surface area contributed by atoms with E-state index >= 15 is 0 Å². The number of pyridine rings is 1. The van der Waals surface area contributed by atoms with Crippen LogP contribution >= 0.6 is 0 Å². The standard InChI is InChI=1S/C24H23N7O/c32-23-19-5-4-16(12-17(19)13-26-23)21-7-6-20(22-25-8-11-31(21)22)29-18-14-27-24(28-15-18)30-9-2-1-3-10-30/h4-8,11-12,14-15,29H,1-3,9-10,13H2,(H,26,32). The van der Waals surface area contributed by atoms with Crippen molar-refractivity contribution in [1.82, 2.24) is 24.7 Å². The second kappa shape index (κ2) is 7.64. The second-order valence-corrected chi connectivity index (χ2v) is 8.25. The Morgan fingerprint density at radius 3 is 2.66 bits per heavy atom. The Hall–Kier alpha value is -3.94. The highest BCUT2D eigenvalue weighted by Crippen LogP contribution is 2.29. The zero-order chi connectivity index (χ0) is 21.5. The number of nitrogens with one attached hydrogen (secondary N) is 2. The van der Waals surface area contributed by atoms with Crippen LogP contribution < -0.4 is 15.5 Å². The fourth-order valence-corrected chi connectivity index (χ4v) is 4.54. The predicted molar refractivity (Wildman–Crippen MR) is 123 cm³/mol. The first-order valence-corrected chi connectivity index (χ1v) is 11.0. The number of aromatic nitrogens is 4. The Morgan fingerprint density at radius 1 is 0.969 bits per heavy atom. The number of carbonyl (C=O) groups is 1. The number of benzene rings is 1. The largest absolute Gasteiger partial charge is 0.350 e. The van der Waals surface area contributed by atoms with Gasteiger partial charge in [-0.25, -0.2) is 15.0 Å². The molecule has 0 saturated carbocycles. The van der Waals surface area contributed by atoms with Crippen LogP contribution in [-0.4, -0.2) is 38.3 Å². The minimum atomic E-state index is -0.00704. The lowest BCUT2D eigenvalue weighted by Crippen LogP contribution is -2.30. The number of nitrogens with zero attached hydrogens (tertiary/aromatic N) is 5. The van der Waals surface area contributed by atoms with Crippen molar-refractivity contribution in [3.05, 3.63) is 66.2 Å². The molecule has 2 aliphatic rings. The van der Waals surface area contributed by atoms with Crippen molar-refractivity contribution in [2.45, 2.75) is 25.8 Å². The normalized spacial score (nSPS) is 15.6. The molecule has 8 heteroatoms. The number of hydrogen-bond donors (Lipinski definition) is 2. The van der Waals surface area contributed by atoms with Crippen LogP contribution in [0.2, 0.25) is 0 Å². The maximum Gasteiger partial charge on any atom is 0.251 e. The summed E-state index contributed by atoms with van der Waals surface area (Å²) in [5.41, 5.74) is 6.36. The molecule has 6 rings (SSSR count). The summed E-state index contributed by atoms with van der Waals surface area (Å²) in [5.74, 6) is 0.786. The average Bonchev–Trinajstić information content (AvgIpc) is 3.48. The van der Waals surface area contributed by atoms with Gasteiger partial charge in [0.1, 0.15) is 0 Å². The summed E-state index contributed by atoms with van der Waals surface area (Å²) in [6.45, 7) is 2.62. The zero-order valence-electron chi connectivity index (χ0n) is 17.6. The fraction of sp³-hybridized carbons (Fsp3) is 0.250. The molecule has 0 spiro atoms. The van der Waals surface area contributed by atoms with Crippen molar-refractivity contribution in [3.8, 4) is 11.3 Å². The van der Waals surface area contributed by atoms with Crippen LogP contribution in [0.1, 0.15) is 35.2 Å². The highest BCUT2D eigenvalue weighted by Gasteiger charge is 2.20. The first-order valence-electron chi connectivity index (χ1n) is 11.0. The third-order valence-corrected chi connectivity index (χ3v) is 6.19. The number of imidazole rings is 1. The summed E-state index contributed by atoms with van der Waals surface area (Å²) in [7, 11) is 0. The second-order valence-electron chi connectivity index (χ2n) is 8.25. The molecule has 0 radical (unpaired) electrons. The van der Waals surface area contributed by atoms with Gasteiger partial charge in [-0.2, -0.15) is 0 Å². The Balaban J connectivity index is 1.29. The summed E-state index contributed by atoms with van der Waals surface area (Å²) in [4.78, 5) is 27.8. The van der Waals surface area contributed by atoms with Gasteiger partial charge in [0, 0.05) is 37.6 Å². The van der Waals surface area contributed by atoms with E-state index in [1.807, 2.05) is 36.8 Å². The minimum absolute atomic E-state index is 0.00704. The lowest BCUT2D eigenvalue weighted by Gasteiger charge is -2.26. The molecule has 1 amide bonds. The first kappa shape index (κ1) is 18.8. The van der Waals surface area contributed by atoms with Gasteiger partial charge in [0.2, 0.25) is 5.95 Å². The summed E-state index contributed by atoms with van der Waals surface area (Å²) in [5, 5.41) is 6.28. The van der Waals surface area contributed by atoms with E-state index in [9.17, 15) is 4.79 Å². The number of amides is 1. The number of anilines is 3. The molecule has 0 atom stereocenters. The van der Waals surface area contributed by atoms with E-state index in [1.165, 1.54) is 19.3 Å². The number of carbonyl (C=O) groups excluding carboxylic acids is 1. The molecule has 1 saturated heterocycles. The number of fused-ring (bicyclic) bond motifs is 2. The lowest BCUT2D eigenvalue weighted by molar-refractivity contribution is 0.0966. The molecule has 1 fully saturated rings. The van der Waals surface area contributed by atoms with Crippen molar-refractivity contribution in [1.29, 1.82) is 0 Å². The molecule has 32 heavy (non-hydrogen) atoms. The van der Waals surface area contributed by atoms with E-state index in [0.717, 1.165) is 58.4 Å². The third kappa shape index (κ3) is 3.24. The molecule has 0 bridgehead atoms. The topological polar surface area (TPSA) is 87.5 Å².